The Labute approximate surface area is 91.7 Å². The molecule has 0 unspecified atom stereocenters. The highest BCUT2D eigenvalue weighted by atomic mass is 35.5. The number of rotatable bonds is 2. The van der Waals surface area contributed by atoms with Crippen LogP contribution in [0.3, 0.4) is 0 Å². The summed E-state index contributed by atoms with van der Waals surface area (Å²) in [7, 11) is 0. The van der Waals surface area contributed by atoms with Gasteiger partial charge in [-0.2, -0.15) is 0 Å². The first kappa shape index (κ1) is 9.93. The molecule has 2 rings (SSSR count). The number of carbonyl (C=O) groups excluding carboxylic acids is 2. The zero-order valence-corrected chi connectivity index (χ0v) is 8.49. The summed E-state index contributed by atoms with van der Waals surface area (Å²) in [6, 6.07) is 8.21. The zero-order chi connectivity index (χ0) is 10.8. The Morgan fingerprint density at radius 3 is 2.33 bits per heavy atom. The van der Waals surface area contributed by atoms with Gasteiger partial charge in [0.2, 0.25) is 5.78 Å². The van der Waals surface area contributed by atoms with Gasteiger partial charge in [0.15, 0.2) is 11.8 Å². The van der Waals surface area contributed by atoms with E-state index in [9.17, 15) is 9.59 Å². The maximum Gasteiger partial charge on any atom is 0.204 e. The summed E-state index contributed by atoms with van der Waals surface area (Å²) in [5, 5.41) is 2.83. The van der Waals surface area contributed by atoms with Crippen LogP contribution in [-0.2, 0) is 9.59 Å². The van der Waals surface area contributed by atoms with E-state index in [1.165, 1.54) is 0 Å². The minimum Gasteiger partial charge on any atom is -0.369 e. The maximum absolute atomic E-state index is 11.4. The van der Waals surface area contributed by atoms with Crippen LogP contribution in [0.4, 0.5) is 5.69 Å². The fourth-order valence-electron chi connectivity index (χ4n) is 1.38. The largest absolute Gasteiger partial charge is 0.369 e. The van der Waals surface area contributed by atoms with Crippen LogP contribution in [0.5, 0.6) is 0 Å². The van der Waals surface area contributed by atoms with Crippen molar-refractivity contribution in [3.8, 4) is 0 Å². The Morgan fingerprint density at radius 1 is 1.13 bits per heavy atom. The lowest BCUT2D eigenvalue weighted by Crippen LogP contribution is -2.31. The van der Waals surface area contributed by atoms with Crippen molar-refractivity contribution in [1.29, 1.82) is 0 Å². The molecule has 0 amide bonds. The fourth-order valence-corrected chi connectivity index (χ4v) is 1.60. The van der Waals surface area contributed by atoms with Crippen molar-refractivity contribution in [1.82, 2.24) is 0 Å². The van der Waals surface area contributed by atoms with E-state index in [4.69, 9.17) is 11.6 Å². The van der Waals surface area contributed by atoms with Gasteiger partial charge in [0, 0.05) is 11.8 Å². The van der Waals surface area contributed by atoms with Gasteiger partial charge >= 0.3 is 0 Å². The molecule has 0 spiro atoms. The number of benzene rings is 1. The highest BCUT2D eigenvalue weighted by Gasteiger charge is 2.33. The second-order valence-electron chi connectivity index (χ2n) is 3.20. The van der Waals surface area contributed by atoms with Gasteiger partial charge in [0.05, 0.1) is 5.03 Å². The van der Waals surface area contributed by atoms with E-state index in [0.29, 0.717) is 0 Å². The summed E-state index contributed by atoms with van der Waals surface area (Å²) < 4.78 is 0. The van der Waals surface area contributed by atoms with E-state index in [1.807, 2.05) is 18.2 Å². The molecule has 0 saturated carbocycles. The second-order valence-corrected chi connectivity index (χ2v) is 3.61. The first-order chi connectivity index (χ1) is 7.18. The van der Waals surface area contributed by atoms with Gasteiger partial charge in [-0.05, 0) is 12.1 Å². The van der Waals surface area contributed by atoms with Crippen molar-refractivity contribution in [2.24, 2.45) is 0 Å². The van der Waals surface area contributed by atoms with Gasteiger partial charge in [0.1, 0.15) is 0 Å². The molecule has 0 bridgehead atoms. The molecule has 0 saturated heterocycles. The molecule has 0 heterocycles. The number of para-hydroxylation sites is 1. The minimum atomic E-state index is -0.861. The van der Waals surface area contributed by atoms with Crippen LogP contribution in [0, 0.1) is 0 Å². The summed E-state index contributed by atoms with van der Waals surface area (Å²) in [6.07, 6.45) is 1.16. The molecular weight excluding hydrogens is 214 g/mol. The predicted octanol–water partition coefficient (Wildman–Crippen LogP) is 1.74. The molecule has 3 nitrogen and oxygen atoms in total. The lowest BCUT2D eigenvalue weighted by atomic mass is 10.2. The Balaban J connectivity index is 2.15. The van der Waals surface area contributed by atoms with Crippen LogP contribution in [0.2, 0.25) is 0 Å². The van der Waals surface area contributed by atoms with E-state index in [-0.39, 0.29) is 16.6 Å². The molecule has 0 aromatic heterocycles. The molecule has 1 aromatic carbocycles. The fraction of sp³-hybridized carbons (Fsp3) is 0.0909. The number of nitrogens with one attached hydrogen (secondary N) is 1. The molecule has 0 radical (unpaired) electrons. The predicted molar refractivity (Wildman–Crippen MR) is 57.8 cm³/mol. The van der Waals surface area contributed by atoms with E-state index in [0.717, 1.165) is 11.8 Å². The third-order valence-electron chi connectivity index (χ3n) is 2.14. The van der Waals surface area contributed by atoms with Crippen LogP contribution in [-0.4, -0.2) is 17.6 Å². The smallest absolute Gasteiger partial charge is 0.204 e. The monoisotopic (exact) mass is 221 g/mol. The van der Waals surface area contributed by atoms with Crippen LogP contribution in [0.15, 0.2) is 41.4 Å². The average Bonchev–Trinajstić information content (AvgIpc) is 2.47. The third kappa shape index (κ3) is 1.92. The van der Waals surface area contributed by atoms with Crippen LogP contribution < -0.4 is 5.32 Å². The number of anilines is 1. The van der Waals surface area contributed by atoms with Crippen molar-refractivity contribution in [2.45, 2.75) is 6.04 Å². The molecule has 0 aliphatic heterocycles. The summed E-state index contributed by atoms with van der Waals surface area (Å²) in [5.41, 5.74) is 0.726. The summed E-state index contributed by atoms with van der Waals surface area (Å²) >= 11 is 5.57. The van der Waals surface area contributed by atoms with Gasteiger partial charge in [-0.3, -0.25) is 9.59 Å². The van der Waals surface area contributed by atoms with Crippen LogP contribution >= 0.6 is 11.6 Å². The Bertz CT molecular complexity index is 439. The number of carbonyl (C=O) groups is 2. The van der Waals surface area contributed by atoms with Crippen molar-refractivity contribution >= 4 is 28.9 Å². The molecule has 1 N–H and O–H groups in total. The third-order valence-corrected chi connectivity index (χ3v) is 2.43. The number of hydrogen-bond acceptors (Lipinski definition) is 3. The average molecular weight is 222 g/mol. The first-order valence-corrected chi connectivity index (χ1v) is 4.83. The molecule has 4 heteroatoms. The Morgan fingerprint density at radius 2 is 1.80 bits per heavy atom. The quantitative estimate of drug-likeness (QED) is 0.774. The summed E-state index contributed by atoms with van der Waals surface area (Å²) in [4.78, 5) is 22.8. The highest BCUT2D eigenvalue weighted by Crippen LogP contribution is 2.19. The lowest BCUT2D eigenvalue weighted by molar-refractivity contribution is -0.121. The summed E-state index contributed by atoms with van der Waals surface area (Å²) in [5.74, 6) is -0.667. The van der Waals surface area contributed by atoms with Crippen molar-refractivity contribution in [3.63, 3.8) is 0 Å². The van der Waals surface area contributed by atoms with Gasteiger partial charge in [0.25, 0.3) is 0 Å². The SMILES string of the molecule is O=C1C=C(Cl)C(=O)[C@H]1Nc1ccccc1. The van der Waals surface area contributed by atoms with Gasteiger partial charge in [-0.15, -0.1) is 0 Å². The molecule has 76 valence electrons. The Kier molecular flexibility index (Phi) is 2.56. The molecule has 0 fully saturated rings. The van der Waals surface area contributed by atoms with Crippen LogP contribution in [0.25, 0.3) is 0 Å². The van der Waals surface area contributed by atoms with Gasteiger partial charge in [-0.1, -0.05) is 29.8 Å². The normalized spacial score (nSPS) is 20.3. The molecule has 1 aliphatic rings. The number of hydrogen-bond donors (Lipinski definition) is 1. The lowest BCUT2D eigenvalue weighted by Gasteiger charge is -2.10. The molecular formula is C11H8ClNO2. The second kappa shape index (κ2) is 3.87. The maximum atomic E-state index is 11.4. The minimum absolute atomic E-state index is 0.00608. The summed E-state index contributed by atoms with van der Waals surface area (Å²) in [6.45, 7) is 0. The van der Waals surface area contributed by atoms with E-state index in [2.05, 4.69) is 5.32 Å². The molecule has 1 aromatic rings. The van der Waals surface area contributed by atoms with E-state index < -0.39 is 6.04 Å². The van der Waals surface area contributed by atoms with Crippen molar-refractivity contribution in [3.05, 3.63) is 41.4 Å². The van der Waals surface area contributed by atoms with E-state index >= 15 is 0 Å². The first-order valence-electron chi connectivity index (χ1n) is 4.45. The van der Waals surface area contributed by atoms with Crippen molar-refractivity contribution in [2.75, 3.05) is 5.32 Å². The zero-order valence-electron chi connectivity index (χ0n) is 7.74. The molecule has 1 atom stereocenters. The van der Waals surface area contributed by atoms with Crippen molar-refractivity contribution < 1.29 is 9.59 Å². The molecule has 1 aliphatic carbocycles. The topological polar surface area (TPSA) is 46.2 Å². The number of Topliss-reactive ketones (excluding diaryl/α,β-unsaturated/α-hetero) is 1. The highest BCUT2D eigenvalue weighted by molar-refractivity contribution is 6.50. The van der Waals surface area contributed by atoms with Crippen LogP contribution in [0.1, 0.15) is 0 Å². The number of halogens is 1. The van der Waals surface area contributed by atoms with Gasteiger partial charge in [-0.25, -0.2) is 0 Å². The van der Waals surface area contributed by atoms with E-state index in [1.54, 1.807) is 12.1 Å². The molecule has 15 heavy (non-hydrogen) atoms. The standard InChI is InChI=1S/C11H8ClNO2/c12-8-6-9(14)10(11(8)15)13-7-4-2-1-3-5-7/h1-6,10,13H/t10-/m0/s1. The Hall–Kier alpha value is -1.61. The van der Waals surface area contributed by atoms with Gasteiger partial charge < -0.3 is 5.32 Å². The number of ketones is 2.